The number of hydrogen-bond acceptors (Lipinski definition) is 2. The second-order valence-electron chi connectivity index (χ2n) is 5.87. The van der Waals surface area contributed by atoms with Crippen LogP contribution in [0.4, 0.5) is 0 Å². The molecule has 1 aromatic rings. The number of hydrazine groups is 1. The van der Waals surface area contributed by atoms with Crippen molar-refractivity contribution < 1.29 is 0 Å². The van der Waals surface area contributed by atoms with Gasteiger partial charge in [0.25, 0.3) is 0 Å². The van der Waals surface area contributed by atoms with Crippen LogP contribution in [-0.4, -0.2) is 6.04 Å². The monoisotopic (exact) mass is 314 g/mol. The van der Waals surface area contributed by atoms with Crippen LogP contribution in [0.2, 0.25) is 10.0 Å². The first-order chi connectivity index (χ1) is 9.65. The first-order valence-corrected chi connectivity index (χ1v) is 8.30. The van der Waals surface area contributed by atoms with E-state index in [0.717, 1.165) is 27.9 Å². The van der Waals surface area contributed by atoms with E-state index in [1.54, 1.807) is 0 Å². The van der Waals surface area contributed by atoms with Gasteiger partial charge in [-0.2, -0.15) is 0 Å². The average molecular weight is 315 g/mol. The van der Waals surface area contributed by atoms with Gasteiger partial charge in [0.05, 0.1) is 0 Å². The van der Waals surface area contributed by atoms with Crippen LogP contribution in [0, 0.1) is 11.8 Å². The van der Waals surface area contributed by atoms with Gasteiger partial charge in [-0.1, -0.05) is 55.5 Å². The predicted molar refractivity (Wildman–Crippen MR) is 87.0 cm³/mol. The van der Waals surface area contributed by atoms with E-state index in [9.17, 15) is 0 Å². The summed E-state index contributed by atoms with van der Waals surface area (Å²) in [7, 11) is 0. The molecule has 20 heavy (non-hydrogen) atoms. The van der Waals surface area contributed by atoms with Gasteiger partial charge in [-0.15, -0.1) is 0 Å². The average Bonchev–Trinajstić information content (AvgIpc) is 2.47. The van der Waals surface area contributed by atoms with E-state index < -0.39 is 0 Å². The third-order valence-corrected chi connectivity index (χ3v) is 5.45. The lowest BCUT2D eigenvalue weighted by molar-refractivity contribution is 0.217. The third-order valence-electron chi connectivity index (χ3n) is 4.74. The summed E-state index contributed by atoms with van der Waals surface area (Å²) >= 11 is 12.5. The number of halogens is 2. The van der Waals surface area contributed by atoms with Crippen molar-refractivity contribution in [1.29, 1.82) is 0 Å². The van der Waals surface area contributed by atoms with Crippen LogP contribution in [0.3, 0.4) is 0 Å². The number of nitrogens with one attached hydrogen (secondary N) is 1. The van der Waals surface area contributed by atoms with Gasteiger partial charge in [-0.25, -0.2) is 0 Å². The minimum atomic E-state index is 0.255. The van der Waals surface area contributed by atoms with Crippen LogP contribution < -0.4 is 11.3 Å². The quantitative estimate of drug-likeness (QED) is 0.616. The summed E-state index contributed by atoms with van der Waals surface area (Å²) in [5, 5.41) is 1.47. The molecule has 1 saturated carbocycles. The van der Waals surface area contributed by atoms with Gasteiger partial charge in [-0.3, -0.25) is 11.3 Å². The minimum Gasteiger partial charge on any atom is -0.271 e. The Labute approximate surface area is 132 Å². The number of benzene rings is 1. The molecule has 1 aromatic carbocycles. The van der Waals surface area contributed by atoms with Gasteiger partial charge < -0.3 is 0 Å². The van der Waals surface area contributed by atoms with E-state index in [0.29, 0.717) is 5.92 Å². The summed E-state index contributed by atoms with van der Waals surface area (Å²) in [5.74, 6) is 7.30. The summed E-state index contributed by atoms with van der Waals surface area (Å²) in [5.41, 5.74) is 4.00. The van der Waals surface area contributed by atoms with E-state index in [2.05, 4.69) is 12.3 Å². The molecule has 1 fully saturated rings. The largest absolute Gasteiger partial charge is 0.271 e. The second-order valence-corrected chi connectivity index (χ2v) is 6.68. The van der Waals surface area contributed by atoms with Crippen molar-refractivity contribution in [3.8, 4) is 0 Å². The lowest BCUT2D eigenvalue weighted by Crippen LogP contribution is -2.43. The highest BCUT2D eigenvalue weighted by Crippen LogP contribution is 2.34. The summed E-state index contributed by atoms with van der Waals surface area (Å²) in [6.45, 7) is 2.28. The van der Waals surface area contributed by atoms with Crippen LogP contribution in [-0.2, 0) is 6.42 Å². The molecule has 1 unspecified atom stereocenters. The number of hydrogen-bond donors (Lipinski definition) is 2. The van der Waals surface area contributed by atoms with Crippen molar-refractivity contribution in [3.05, 3.63) is 33.8 Å². The van der Waals surface area contributed by atoms with Crippen LogP contribution in [0.15, 0.2) is 18.2 Å². The molecule has 0 aliphatic heterocycles. The number of rotatable bonds is 5. The molecule has 4 heteroatoms. The van der Waals surface area contributed by atoms with Crippen molar-refractivity contribution in [3.63, 3.8) is 0 Å². The summed E-state index contributed by atoms with van der Waals surface area (Å²) in [6.07, 6.45) is 7.22. The Kier molecular flexibility index (Phi) is 6.16. The SMILES string of the molecule is CCC1CCC(C(Cc2c(Cl)cccc2Cl)NN)CC1. The Morgan fingerprint density at radius 2 is 1.80 bits per heavy atom. The molecule has 2 rings (SSSR count). The molecule has 112 valence electrons. The van der Waals surface area contributed by atoms with Gasteiger partial charge in [0.15, 0.2) is 0 Å². The van der Waals surface area contributed by atoms with Crippen molar-refractivity contribution in [2.45, 2.75) is 51.5 Å². The standard InChI is InChI=1S/C16H24Cl2N2/c1-2-11-6-8-12(9-7-11)16(20-19)10-13-14(17)4-3-5-15(13)18/h3-5,11-12,16,20H,2,6-10,19H2,1H3. The van der Waals surface area contributed by atoms with Crippen LogP contribution in [0.1, 0.15) is 44.6 Å². The molecular weight excluding hydrogens is 291 g/mol. The smallest absolute Gasteiger partial charge is 0.0453 e. The molecule has 1 aliphatic carbocycles. The zero-order chi connectivity index (χ0) is 14.5. The van der Waals surface area contributed by atoms with E-state index in [1.165, 1.54) is 32.1 Å². The highest BCUT2D eigenvalue weighted by Gasteiger charge is 2.27. The van der Waals surface area contributed by atoms with Gasteiger partial charge in [0.1, 0.15) is 0 Å². The minimum absolute atomic E-state index is 0.255. The van der Waals surface area contributed by atoms with Crippen molar-refractivity contribution >= 4 is 23.2 Å². The van der Waals surface area contributed by atoms with Crippen molar-refractivity contribution in [2.24, 2.45) is 17.7 Å². The highest BCUT2D eigenvalue weighted by atomic mass is 35.5. The number of nitrogens with two attached hydrogens (primary N) is 1. The molecular formula is C16H24Cl2N2. The molecule has 1 atom stereocenters. The zero-order valence-electron chi connectivity index (χ0n) is 12.0. The van der Waals surface area contributed by atoms with E-state index in [4.69, 9.17) is 29.0 Å². The second kappa shape index (κ2) is 7.65. The van der Waals surface area contributed by atoms with E-state index in [-0.39, 0.29) is 6.04 Å². The maximum atomic E-state index is 6.26. The van der Waals surface area contributed by atoms with Gasteiger partial charge in [0, 0.05) is 16.1 Å². The van der Waals surface area contributed by atoms with E-state index >= 15 is 0 Å². The molecule has 0 spiro atoms. The lowest BCUT2D eigenvalue weighted by atomic mass is 9.76. The maximum absolute atomic E-state index is 6.26. The molecule has 0 bridgehead atoms. The van der Waals surface area contributed by atoms with Gasteiger partial charge >= 0.3 is 0 Å². The van der Waals surface area contributed by atoms with Crippen LogP contribution in [0.5, 0.6) is 0 Å². The van der Waals surface area contributed by atoms with E-state index in [1.807, 2.05) is 18.2 Å². The summed E-state index contributed by atoms with van der Waals surface area (Å²) in [4.78, 5) is 0. The normalized spacial score (nSPS) is 24.6. The summed E-state index contributed by atoms with van der Waals surface area (Å²) < 4.78 is 0. The Balaban J connectivity index is 2.02. The molecule has 0 amide bonds. The molecule has 0 aromatic heterocycles. The fourth-order valence-electron chi connectivity index (χ4n) is 3.31. The Morgan fingerprint density at radius 1 is 1.20 bits per heavy atom. The molecule has 0 radical (unpaired) electrons. The Morgan fingerprint density at radius 3 is 2.30 bits per heavy atom. The summed E-state index contributed by atoms with van der Waals surface area (Å²) in [6, 6.07) is 5.92. The van der Waals surface area contributed by atoms with Gasteiger partial charge in [0.2, 0.25) is 0 Å². The van der Waals surface area contributed by atoms with Crippen LogP contribution >= 0.6 is 23.2 Å². The lowest BCUT2D eigenvalue weighted by Gasteiger charge is -2.33. The molecule has 1 aliphatic rings. The highest BCUT2D eigenvalue weighted by molar-refractivity contribution is 6.36. The molecule has 0 heterocycles. The first kappa shape index (κ1) is 16.1. The third kappa shape index (κ3) is 3.88. The van der Waals surface area contributed by atoms with Crippen molar-refractivity contribution in [2.75, 3.05) is 0 Å². The fourth-order valence-corrected chi connectivity index (χ4v) is 3.86. The van der Waals surface area contributed by atoms with Gasteiger partial charge in [-0.05, 0) is 48.8 Å². The molecule has 0 saturated heterocycles. The maximum Gasteiger partial charge on any atom is 0.0453 e. The topological polar surface area (TPSA) is 38.0 Å². The fraction of sp³-hybridized carbons (Fsp3) is 0.625. The molecule has 2 nitrogen and oxygen atoms in total. The van der Waals surface area contributed by atoms with Crippen molar-refractivity contribution in [1.82, 2.24) is 5.43 Å². The Bertz CT molecular complexity index is 408. The zero-order valence-corrected chi connectivity index (χ0v) is 13.6. The predicted octanol–water partition coefficient (Wildman–Crippen LogP) is 4.58. The first-order valence-electron chi connectivity index (χ1n) is 7.54. The molecule has 3 N–H and O–H groups in total. The Hall–Kier alpha value is -0.280. The van der Waals surface area contributed by atoms with Crippen LogP contribution in [0.25, 0.3) is 0 Å².